The molecule has 1 rings (SSSR count). The van der Waals surface area contributed by atoms with Gasteiger partial charge in [0.15, 0.2) is 0 Å². The van der Waals surface area contributed by atoms with Crippen molar-refractivity contribution in [2.75, 3.05) is 6.61 Å². The van der Waals surface area contributed by atoms with Crippen molar-refractivity contribution < 1.29 is 17.7 Å². The number of rotatable bonds is 22. The molecule has 0 amide bonds. The highest BCUT2D eigenvalue weighted by molar-refractivity contribution is 7.85. The maximum Gasteiger partial charge on any atom is 0.294 e. The van der Waals surface area contributed by atoms with E-state index in [-0.39, 0.29) is 4.90 Å². The number of ether oxygens (including phenoxy) is 1. The van der Waals surface area contributed by atoms with Crippen LogP contribution in [0.2, 0.25) is 0 Å². The van der Waals surface area contributed by atoms with E-state index in [1.807, 2.05) is 0 Å². The molecule has 0 fully saturated rings. The zero-order chi connectivity index (χ0) is 24.2. The van der Waals surface area contributed by atoms with Crippen molar-refractivity contribution in [3.05, 3.63) is 23.8 Å². The second-order valence-corrected chi connectivity index (χ2v) is 11.0. The third-order valence-corrected chi connectivity index (χ3v) is 7.30. The summed E-state index contributed by atoms with van der Waals surface area (Å²) >= 11 is 0. The molecule has 0 saturated heterocycles. The first-order chi connectivity index (χ1) is 15.9. The Morgan fingerprint density at radius 3 is 1.42 bits per heavy atom. The molecule has 1 N–H and O–H groups in total. The van der Waals surface area contributed by atoms with Crippen molar-refractivity contribution in [3.8, 4) is 5.75 Å². The standard InChI is InChI=1S/C28H50O4S/c1-3-4-5-6-7-8-9-10-11-12-13-14-15-16-17-18-19-20-21-24-32-28-23-22-27(25-26(28)2)33(29,30)31/h22-23,25H,3-21,24H2,1-2H3,(H,29,30,31). The maximum atomic E-state index is 11.2. The van der Waals surface area contributed by atoms with Crippen LogP contribution in [0.5, 0.6) is 5.75 Å². The summed E-state index contributed by atoms with van der Waals surface area (Å²) in [4.78, 5) is -0.0872. The van der Waals surface area contributed by atoms with Crippen LogP contribution in [0.1, 0.15) is 134 Å². The van der Waals surface area contributed by atoms with Gasteiger partial charge in [-0.05, 0) is 37.1 Å². The van der Waals surface area contributed by atoms with E-state index in [0.717, 1.165) is 12.0 Å². The molecule has 1 aromatic rings. The van der Waals surface area contributed by atoms with Crippen LogP contribution in [0.4, 0.5) is 0 Å². The normalized spacial score (nSPS) is 11.7. The molecule has 5 heteroatoms. The fourth-order valence-electron chi connectivity index (χ4n) is 4.31. The van der Waals surface area contributed by atoms with Crippen molar-refractivity contribution >= 4 is 10.1 Å². The Morgan fingerprint density at radius 1 is 0.667 bits per heavy atom. The molecule has 192 valence electrons. The van der Waals surface area contributed by atoms with Crippen LogP contribution in [-0.2, 0) is 10.1 Å². The van der Waals surface area contributed by atoms with Crippen LogP contribution in [0, 0.1) is 6.92 Å². The van der Waals surface area contributed by atoms with Gasteiger partial charge >= 0.3 is 0 Å². The summed E-state index contributed by atoms with van der Waals surface area (Å²) in [7, 11) is -4.15. The molecule has 0 aromatic heterocycles. The van der Waals surface area contributed by atoms with Crippen molar-refractivity contribution in [1.82, 2.24) is 0 Å². The van der Waals surface area contributed by atoms with Gasteiger partial charge in [0.05, 0.1) is 11.5 Å². The molecule has 0 aliphatic rings. The van der Waals surface area contributed by atoms with Crippen LogP contribution in [0.25, 0.3) is 0 Å². The topological polar surface area (TPSA) is 63.6 Å². The van der Waals surface area contributed by atoms with Crippen molar-refractivity contribution in [2.24, 2.45) is 0 Å². The van der Waals surface area contributed by atoms with Crippen molar-refractivity contribution in [2.45, 2.75) is 141 Å². The zero-order valence-electron chi connectivity index (χ0n) is 21.5. The number of hydrogen-bond donors (Lipinski definition) is 1. The smallest absolute Gasteiger partial charge is 0.294 e. The Kier molecular flexibility index (Phi) is 17.5. The minimum Gasteiger partial charge on any atom is -0.493 e. The Balaban J connectivity index is 1.84. The number of aryl methyl sites for hydroxylation is 1. The van der Waals surface area contributed by atoms with E-state index in [0.29, 0.717) is 12.4 Å². The first-order valence-electron chi connectivity index (χ1n) is 13.7. The van der Waals surface area contributed by atoms with E-state index in [9.17, 15) is 8.42 Å². The quantitative estimate of drug-likeness (QED) is 0.132. The predicted octanol–water partition coefficient (Wildman–Crippen LogP) is 9.05. The lowest BCUT2D eigenvalue weighted by molar-refractivity contribution is 0.302. The molecule has 0 atom stereocenters. The molecule has 0 radical (unpaired) electrons. The Morgan fingerprint density at radius 2 is 1.06 bits per heavy atom. The van der Waals surface area contributed by atoms with Gasteiger partial charge in [-0.3, -0.25) is 4.55 Å². The lowest BCUT2D eigenvalue weighted by Crippen LogP contribution is -2.02. The summed E-state index contributed by atoms with van der Waals surface area (Å²) in [6.45, 7) is 4.72. The minimum absolute atomic E-state index is 0.0872. The fraction of sp³-hybridized carbons (Fsp3) is 0.786. The molecule has 0 heterocycles. The van der Waals surface area contributed by atoms with Gasteiger partial charge in [-0.1, -0.05) is 122 Å². The molecule has 0 aliphatic heterocycles. The van der Waals surface area contributed by atoms with Gasteiger partial charge in [0.1, 0.15) is 5.75 Å². The summed E-state index contributed by atoms with van der Waals surface area (Å²) < 4.78 is 37.2. The Bertz CT molecular complexity index is 700. The van der Waals surface area contributed by atoms with Crippen molar-refractivity contribution in [1.29, 1.82) is 0 Å². The fourth-order valence-corrected chi connectivity index (χ4v) is 4.87. The van der Waals surface area contributed by atoms with Crippen LogP contribution in [-0.4, -0.2) is 19.6 Å². The summed E-state index contributed by atoms with van der Waals surface area (Å²) in [6, 6.07) is 4.45. The zero-order valence-corrected chi connectivity index (χ0v) is 22.3. The van der Waals surface area contributed by atoms with Crippen LogP contribution < -0.4 is 4.74 Å². The molecule has 33 heavy (non-hydrogen) atoms. The first-order valence-corrected chi connectivity index (χ1v) is 15.1. The largest absolute Gasteiger partial charge is 0.493 e. The molecule has 4 nitrogen and oxygen atoms in total. The number of unbranched alkanes of at least 4 members (excludes halogenated alkanes) is 18. The third-order valence-electron chi connectivity index (χ3n) is 6.45. The van der Waals surface area contributed by atoms with Gasteiger partial charge in [0.2, 0.25) is 0 Å². The van der Waals surface area contributed by atoms with E-state index in [2.05, 4.69) is 6.92 Å². The maximum absolute atomic E-state index is 11.2. The van der Waals surface area contributed by atoms with Crippen LogP contribution >= 0.6 is 0 Å². The van der Waals surface area contributed by atoms with E-state index >= 15 is 0 Å². The van der Waals surface area contributed by atoms with E-state index in [1.165, 1.54) is 128 Å². The highest BCUT2D eigenvalue weighted by Gasteiger charge is 2.11. The molecule has 0 aliphatic carbocycles. The summed E-state index contributed by atoms with van der Waals surface area (Å²) in [5, 5.41) is 0. The molecule has 0 spiro atoms. The number of benzene rings is 1. The van der Waals surface area contributed by atoms with E-state index in [1.54, 1.807) is 13.0 Å². The predicted molar refractivity (Wildman–Crippen MR) is 140 cm³/mol. The minimum atomic E-state index is -4.15. The highest BCUT2D eigenvalue weighted by Crippen LogP contribution is 2.22. The molecular formula is C28H50O4S. The van der Waals surface area contributed by atoms with Gasteiger partial charge in [-0.25, -0.2) is 0 Å². The van der Waals surface area contributed by atoms with Gasteiger partial charge < -0.3 is 4.74 Å². The van der Waals surface area contributed by atoms with E-state index < -0.39 is 10.1 Å². The lowest BCUT2D eigenvalue weighted by atomic mass is 10.0. The summed E-state index contributed by atoms with van der Waals surface area (Å²) in [5.41, 5.74) is 0.725. The van der Waals surface area contributed by atoms with Gasteiger partial charge in [0.25, 0.3) is 10.1 Å². The van der Waals surface area contributed by atoms with Gasteiger partial charge in [-0.15, -0.1) is 0 Å². The average Bonchev–Trinajstić information content (AvgIpc) is 2.78. The lowest BCUT2D eigenvalue weighted by Gasteiger charge is -2.10. The molecule has 0 saturated carbocycles. The van der Waals surface area contributed by atoms with E-state index in [4.69, 9.17) is 9.29 Å². The molecule has 0 bridgehead atoms. The third kappa shape index (κ3) is 16.2. The Hall–Kier alpha value is -1.07. The molecule has 0 unspecified atom stereocenters. The second kappa shape index (κ2) is 19.3. The second-order valence-electron chi connectivity index (χ2n) is 9.61. The SMILES string of the molecule is CCCCCCCCCCCCCCCCCCCCCOc1ccc(S(=O)(=O)O)cc1C. The molecular weight excluding hydrogens is 432 g/mol. The Labute approximate surface area is 204 Å². The number of hydrogen-bond acceptors (Lipinski definition) is 3. The van der Waals surface area contributed by atoms with Gasteiger partial charge in [-0.2, -0.15) is 8.42 Å². The van der Waals surface area contributed by atoms with Crippen molar-refractivity contribution in [3.63, 3.8) is 0 Å². The average molecular weight is 483 g/mol. The summed E-state index contributed by atoms with van der Waals surface area (Å²) in [5.74, 6) is 0.685. The monoisotopic (exact) mass is 482 g/mol. The highest BCUT2D eigenvalue weighted by atomic mass is 32.2. The van der Waals surface area contributed by atoms with Crippen LogP contribution in [0.15, 0.2) is 23.1 Å². The van der Waals surface area contributed by atoms with Crippen LogP contribution in [0.3, 0.4) is 0 Å². The first kappa shape index (κ1) is 30.0. The van der Waals surface area contributed by atoms with Gasteiger partial charge in [0, 0.05) is 0 Å². The molecule has 1 aromatic carbocycles. The summed E-state index contributed by atoms with van der Waals surface area (Å²) in [6.07, 6.45) is 25.9.